The summed E-state index contributed by atoms with van der Waals surface area (Å²) in [7, 11) is -2.32. The molecule has 3 aromatic carbocycles. The van der Waals surface area contributed by atoms with Crippen LogP contribution >= 0.6 is 0 Å². The summed E-state index contributed by atoms with van der Waals surface area (Å²) in [4.78, 5) is 12.8. The third-order valence-corrected chi connectivity index (χ3v) is 7.93. The number of carboxylic acid groups (broad SMARTS) is 1. The molecule has 0 aliphatic rings. The number of hydrogen-bond donors (Lipinski definition) is 4. The Morgan fingerprint density at radius 1 is 1.03 bits per heavy atom. The zero-order valence-corrected chi connectivity index (χ0v) is 22.7. The smallest absolute Gasteiger partial charge is 0.352 e. The first kappa shape index (κ1) is 28.3. The summed E-state index contributed by atoms with van der Waals surface area (Å²) < 4.78 is 34.4. The van der Waals surface area contributed by atoms with Gasteiger partial charge in [0, 0.05) is 23.0 Å². The van der Waals surface area contributed by atoms with Gasteiger partial charge in [-0.25, -0.2) is 17.9 Å². The molecule has 1 heterocycles. The second-order valence-corrected chi connectivity index (χ2v) is 11.1. The van der Waals surface area contributed by atoms with Crippen LogP contribution in [0.2, 0.25) is 0 Å². The van der Waals surface area contributed by atoms with Crippen molar-refractivity contribution in [1.82, 2.24) is 14.6 Å². The summed E-state index contributed by atoms with van der Waals surface area (Å²) in [6.45, 7) is 2.71. The average molecular weight is 552 g/mol. The molecule has 0 aliphatic heterocycles. The number of rotatable bonds is 13. The van der Waals surface area contributed by atoms with Gasteiger partial charge < -0.3 is 24.8 Å². The number of hydrogen-bond acceptors (Lipinski definition) is 6. The molecule has 0 fully saturated rings. The maximum absolute atomic E-state index is 12.7. The lowest BCUT2D eigenvalue weighted by Crippen LogP contribution is -2.33. The van der Waals surface area contributed by atoms with Crippen LogP contribution in [-0.4, -0.2) is 55.5 Å². The van der Waals surface area contributed by atoms with Gasteiger partial charge in [0.25, 0.3) is 0 Å². The van der Waals surface area contributed by atoms with Crippen LogP contribution < -0.4 is 14.8 Å². The highest BCUT2D eigenvalue weighted by atomic mass is 32.2. The van der Waals surface area contributed by atoms with Crippen LogP contribution in [-0.2, 0) is 16.6 Å². The standard InChI is InChI=1S/C29H33N3O6S/c1-20(33)27(31-16-9-17-38-22-11-4-3-5-12-22)26-24-14-6-7-15-25(24)32(28(26)29(34)35)19-21-10-8-13-23(18-21)39(36,37)30-2/h3-8,10-15,18,20,27,30-31,33H,9,16-17,19H2,1-2H3,(H,34,35). The maximum Gasteiger partial charge on any atom is 0.352 e. The summed E-state index contributed by atoms with van der Waals surface area (Å²) in [5.74, 6) is -0.368. The van der Waals surface area contributed by atoms with E-state index in [0.717, 1.165) is 5.75 Å². The number of sulfonamides is 1. The molecule has 1 aromatic heterocycles. The predicted octanol–water partition coefficient (Wildman–Crippen LogP) is 3.78. The number of nitrogens with one attached hydrogen (secondary N) is 2. The normalized spacial score (nSPS) is 13.3. The van der Waals surface area contributed by atoms with Crippen molar-refractivity contribution in [2.24, 2.45) is 0 Å². The van der Waals surface area contributed by atoms with E-state index >= 15 is 0 Å². The van der Waals surface area contributed by atoms with Gasteiger partial charge in [-0.1, -0.05) is 48.5 Å². The fraction of sp³-hybridized carbons (Fsp3) is 0.276. The molecular formula is C29H33N3O6S. The van der Waals surface area contributed by atoms with Crippen molar-refractivity contribution in [2.75, 3.05) is 20.2 Å². The number of benzene rings is 3. The predicted molar refractivity (Wildman–Crippen MR) is 150 cm³/mol. The van der Waals surface area contributed by atoms with Gasteiger partial charge in [0.1, 0.15) is 11.4 Å². The van der Waals surface area contributed by atoms with Crippen LogP contribution in [0.15, 0.2) is 83.8 Å². The minimum Gasteiger partial charge on any atom is -0.494 e. The molecule has 0 aliphatic carbocycles. The van der Waals surface area contributed by atoms with E-state index < -0.39 is 28.1 Å². The van der Waals surface area contributed by atoms with Crippen molar-refractivity contribution in [2.45, 2.75) is 36.9 Å². The lowest BCUT2D eigenvalue weighted by Gasteiger charge is -2.23. The number of ether oxygens (including phenoxy) is 1. The Morgan fingerprint density at radius 3 is 2.44 bits per heavy atom. The first-order valence-electron chi connectivity index (χ1n) is 12.7. The number of aromatic carboxylic acids is 1. The molecular weight excluding hydrogens is 518 g/mol. The lowest BCUT2D eigenvalue weighted by molar-refractivity contribution is 0.0681. The van der Waals surface area contributed by atoms with Crippen LogP contribution in [0.25, 0.3) is 10.9 Å². The second-order valence-electron chi connectivity index (χ2n) is 9.21. The molecule has 0 spiro atoms. The van der Waals surface area contributed by atoms with Gasteiger partial charge in [-0.3, -0.25) is 0 Å². The van der Waals surface area contributed by atoms with Crippen LogP contribution in [0.1, 0.15) is 41.0 Å². The van der Waals surface area contributed by atoms with E-state index in [1.807, 2.05) is 54.6 Å². The van der Waals surface area contributed by atoms with Crippen molar-refractivity contribution >= 4 is 26.9 Å². The molecule has 2 unspecified atom stereocenters. The molecule has 206 valence electrons. The second kappa shape index (κ2) is 12.4. The summed E-state index contributed by atoms with van der Waals surface area (Å²) in [6.07, 6.45) is -0.243. The Balaban J connectivity index is 1.66. The van der Waals surface area contributed by atoms with Crippen LogP contribution in [0.5, 0.6) is 5.75 Å². The molecule has 2 atom stereocenters. The molecule has 9 nitrogen and oxygen atoms in total. The molecule has 4 N–H and O–H groups in total. The summed E-state index contributed by atoms with van der Waals surface area (Å²) in [5, 5.41) is 25.1. The third kappa shape index (κ3) is 6.48. The topological polar surface area (TPSA) is 130 Å². The fourth-order valence-corrected chi connectivity index (χ4v) is 5.50. The summed E-state index contributed by atoms with van der Waals surface area (Å²) in [5.41, 5.74) is 1.82. The Bertz CT molecular complexity index is 1530. The van der Waals surface area contributed by atoms with Gasteiger partial charge in [0.15, 0.2) is 0 Å². The zero-order valence-electron chi connectivity index (χ0n) is 21.9. The van der Waals surface area contributed by atoms with E-state index in [-0.39, 0.29) is 17.1 Å². The van der Waals surface area contributed by atoms with Gasteiger partial charge in [-0.15, -0.1) is 0 Å². The zero-order chi connectivity index (χ0) is 28.0. The van der Waals surface area contributed by atoms with Crippen molar-refractivity contribution in [3.05, 3.63) is 95.7 Å². The summed E-state index contributed by atoms with van der Waals surface area (Å²) in [6, 6.07) is 22.5. The molecule has 0 bridgehead atoms. The SMILES string of the molecule is CNS(=O)(=O)c1cccc(Cn2c(C(=O)O)c(C(NCCCOc3ccccc3)C(C)O)c3ccccc32)c1. The van der Waals surface area contributed by atoms with E-state index in [2.05, 4.69) is 10.0 Å². The number of fused-ring (bicyclic) bond motifs is 1. The minimum atomic E-state index is -3.66. The van der Waals surface area contributed by atoms with Crippen LogP contribution in [0.4, 0.5) is 0 Å². The minimum absolute atomic E-state index is 0.0389. The monoisotopic (exact) mass is 551 g/mol. The van der Waals surface area contributed by atoms with E-state index in [0.29, 0.717) is 41.6 Å². The van der Waals surface area contributed by atoms with Crippen molar-refractivity contribution in [1.29, 1.82) is 0 Å². The number of aliphatic hydroxyl groups is 1. The Labute approximate surface area is 228 Å². The molecule has 4 rings (SSSR count). The lowest BCUT2D eigenvalue weighted by atomic mass is 9.98. The van der Waals surface area contributed by atoms with Gasteiger partial charge >= 0.3 is 5.97 Å². The average Bonchev–Trinajstić information content (AvgIpc) is 3.25. The molecule has 4 aromatic rings. The van der Waals surface area contributed by atoms with Gasteiger partial charge in [0.05, 0.1) is 23.6 Å². The molecule has 10 heteroatoms. The van der Waals surface area contributed by atoms with Crippen molar-refractivity contribution < 1.29 is 28.2 Å². The maximum atomic E-state index is 12.7. The number of aromatic nitrogens is 1. The van der Waals surface area contributed by atoms with Gasteiger partial charge in [-0.2, -0.15) is 0 Å². The molecule has 0 radical (unpaired) electrons. The van der Waals surface area contributed by atoms with E-state index in [1.165, 1.54) is 19.2 Å². The first-order valence-corrected chi connectivity index (χ1v) is 14.2. The number of carboxylic acids is 1. The highest BCUT2D eigenvalue weighted by Crippen LogP contribution is 2.34. The number of nitrogens with zero attached hydrogens (tertiary/aromatic N) is 1. The van der Waals surface area contributed by atoms with Crippen LogP contribution in [0.3, 0.4) is 0 Å². The fourth-order valence-electron chi connectivity index (χ4n) is 4.70. The Hall–Kier alpha value is -3.70. The third-order valence-electron chi connectivity index (χ3n) is 6.52. The van der Waals surface area contributed by atoms with Crippen molar-refractivity contribution in [3.8, 4) is 5.75 Å². The Morgan fingerprint density at radius 2 is 1.74 bits per heavy atom. The summed E-state index contributed by atoms with van der Waals surface area (Å²) >= 11 is 0. The molecule has 0 saturated heterocycles. The number of para-hydroxylation sites is 2. The first-order chi connectivity index (χ1) is 18.7. The van der Waals surface area contributed by atoms with Crippen molar-refractivity contribution in [3.63, 3.8) is 0 Å². The highest BCUT2D eigenvalue weighted by Gasteiger charge is 2.30. The van der Waals surface area contributed by atoms with Gasteiger partial charge in [0.2, 0.25) is 10.0 Å². The van der Waals surface area contributed by atoms with Gasteiger partial charge in [-0.05, 0) is 62.8 Å². The molecule has 39 heavy (non-hydrogen) atoms. The van der Waals surface area contributed by atoms with E-state index in [9.17, 15) is 23.4 Å². The van der Waals surface area contributed by atoms with E-state index in [4.69, 9.17) is 4.74 Å². The quantitative estimate of drug-likeness (QED) is 0.186. The number of aliphatic hydroxyl groups excluding tert-OH is 1. The van der Waals surface area contributed by atoms with Crippen LogP contribution in [0, 0.1) is 0 Å². The highest BCUT2D eigenvalue weighted by molar-refractivity contribution is 7.89. The van der Waals surface area contributed by atoms with E-state index in [1.54, 1.807) is 23.6 Å². The number of carbonyl (C=O) groups is 1. The molecule has 0 saturated carbocycles. The Kier molecular flexibility index (Phi) is 9.03. The molecule has 0 amide bonds. The largest absolute Gasteiger partial charge is 0.494 e.